The van der Waals surface area contributed by atoms with E-state index >= 15 is 0 Å². The minimum Gasteiger partial charge on any atom is -0.469 e. The van der Waals surface area contributed by atoms with E-state index < -0.39 is 0 Å². The van der Waals surface area contributed by atoms with E-state index in [0.717, 1.165) is 48.6 Å². The van der Waals surface area contributed by atoms with E-state index in [0.29, 0.717) is 0 Å². The maximum absolute atomic E-state index is 11.6. The first-order valence-corrected chi connectivity index (χ1v) is 7.57. The molecule has 1 aliphatic carbocycles. The molecule has 1 aliphatic rings. The molecule has 0 atom stereocenters. The third kappa shape index (κ3) is 2.98. The topological polar surface area (TPSA) is 78.3 Å². The Hall–Kier alpha value is -2.30. The van der Waals surface area contributed by atoms with E-state index in [9.17, 15) is 4.79 Å². The van der Waals surface area contributed by atoms with Crippen LogP contribution in [0.2, 0.25) is 0 Å². The number of aromatic nitrogens is 1. The van der Waals surface area contributed by atoms with Crippen molar-refractivity contribution >= 4 is 11.7 Å². The highest BCUT2D eigenvalue weighted by Crippen LogP contribution is 2.37. The van der Waals surface area contributed by atoms with Crippen LogP contribution in [0.15, 0.2) is 34.9 Å². The summed E-state index contributed by atoms with van der Waals surface area (Å²) in [7, 11) is 1.45. The molecule has 2 aromatic rings. The minimum absolute atomic E-state index is 0.0211. The highest BCUT2D eigenvalue weighted by Gasteiger charge is 2.29. The van der Waals surface area contributed by atoms with E-state index in [4.69, 9.17) is 14.9 Å². The Morgan fingerprint density at radius 1 is 1.23 bits per heavy atom. The van der Waals surface area contributed by atoms with Gasteiger partial charge in [0.05, 0.1) is 19.2 Å². The van der Waals surface area contributed by atoms with Crippen LogP contribution in [0.4, 0.5) is 5.69 Å². The predicted octanol–water partition coefficient (Wildman–Crippen LogP) is 3.37. The smallest absolute Gasteiger partial charge is 0.308 e. The number of hydrogen-bond donors (Lipinski definition) is 1. The molecule has 22 heavy (non-hydrogen) atoms. The van der Waals surface area contributed by atoms with Gasteiger partial charge in [0.15, 0.2) is 11.7 Å². The molecular weight excluding hydrogens is 280 g/mol. The molecule has 1 saturated carbocycles. The van der Waals surface area contributed by atoms with Crippen molar-refractivity contribution in [3.63, 3.8) is 0 Å². The Kier molecular flexibility index (Phi) is 4.13. The molecule has 0 unspecified atom stereocenters. The van der Waals surface area contributed by atoms with Crippen molar-refractivity contribution in [2.45, 2.75) is 31.6 Å². The molecule has 0 aliphatic heterocycles. The molecule has 0 amide bonds. The van der Waals surface area contributed by atoms with E-state index in [2.05, 4.69) is 4.98 Å². The number of methoxy groups -OCH3 is 1. The Bertz CT molecular complexity index is 640. The summed E-state index contributed by atoms with van der Waals surface area (Å²) in [5.74, 6) is 1.71. The van der Waals surface area contributed by atoms with E-state index in [1.54, 1.807) is 6.20 Å². The highest BCUT2D eigenvalue weighted by molar-refractivity contribution is 5.72. The highest BCUT2D eigenvalue weighted by atomic mass is 16.5. The SMILES string of the molecule is COC(=O)C1CCC(c2ncc(-c3ccc(N)cc3)o2)CC1. The normalized spacial score (nSPS) is 21.5. The Balaban J connectivity index is 1.67. The second-order valence-electron chi connectivity index (χ2n) is 5.76. The maximum Gasteiger partial charge on any atom is 0.308 e. The lowest BCUT2D eigenvalue weighted by atomic mass is 9.82. The molecule has 2 N–H and O–H groups in total. The van der Waals surface area contributed by atoms with Crippen LogP contribution in [-0.2, 0) is 9.53 Å². The van der Waals surface area contributed by atoms with Crippen LogP contribution < -0.4 is 5.73 Å². The van der Waals surface area contributed by atoms with E-state index in [1.165, 1.54) is 7.11 Å². The number of esters is 1. The largest absolute Gasteiger partial charge is 0.469 e. The predicted molar refractivity (Wildman–Crippen MR) is 83.1 cm³/mol. The fraction of sp³-hybridized carbons (Fsp3) is 0.412. The molecule has 0 saturated heterocycles. The standard InChI is InChI=1S/C17H20N2O3/c1-21-17(20)13-4-2-12(3-5-13)16-19-10-15(22-16)11-6-8-14(18)9-7-11/h6-10,12-13H,2-5,18H2,1H3. The number of rotatable bonds is 3. The molecule has 3 rings (SSSR count). The van der Waals surface area contributed by atoms with Crippen LogP contribution in [0, 0.1) is 5.92 Å². The first-order valence-electron chi connectivity index (χ1n) is 7.57. The number of hydrogen-bond acceptors (Lipinski definition) is 5. The van der Waals surface area contributed by atoms with Gasteiger partial charge in [-0.25, -0.2) is 4.98 Å². The lowest BCUT2D eigenvalue weighted by Crippen LogP contribution is -2.22. The van der Waals surface area contributed by atoms with Gasteiger partial charge in [0.25, 0.3) is 0 Å². The van der Waals surface area contributed by atoms with Crippen LogP contribution in [0.25, 0.3) is 11.3 Å². The van der Waals surface area contributed by atoms with Crippen LogP contribution in [0.1, 0.15) is 37.5 Å². The summed E-state index contributed by atoms with van der Waals surface area (Å²) in [5.41, 5.74) is 7.39. The molecule has 0 radical (unpaired) electrons. The second-order valence-corrected chi connectivity index (χ2v) is 5.76. The average molecular weight is 300 g/mol. The van der Waals surface area contributed by atoms with E-state index in [1.807, 2.05) is 24.3 Å². The second kappa shape index (κ2) is 6.22. The maximum atomic E-state index is 11.6. The van der Waals surface area contributed by atoms with Crippen molar-refractivity contribution in [2.75, 3.05) is 12.8 Å². The fourth-order valence-corrected chi connectivity index (χ4v) is 3.00. The first kappa shape index (κ1) is 14.6. The molecule has 5 nitrogen and oxygen atoms in total. The zero-order chi connectivity index (χ0) is 15.5. The molecule has 0 spiro atoms. The number of nitrogen functional groups attached to an aromatic ring is 1. The number of ether oxygens (including phenoxy) is 1. The van der Waals surface area contributed by atoms with Gasteiger partial charge in [0.1, 0.15) is 0 Å². The number of oxazole rings is 1. The van der Waals surface area contributed by atoms with Crippen molar-refractivity contribution in [3.8, 4) is 11.3 Å². The summed E-state index contributed by atoms with van der Waals surface area (Å²) >= 11 is 0. The van der Waals surface area contributed by atoms with Crippen LogP contribution in [0.3, 0.4) is 0 Å². The van der Waals surface area contributed by atoms with Crippen LogP contribution >= 0.6 is 0 Å². The molecule has 5 heteroatoms. The van der Waals surface area contributed by atoms with Gasteiger partial charge in [-0.15, -0.1) is 0 Å². The van der Waals surface area contributed by atoms with Gasteiger partial charge in [0, 0.05) is 17.2 Å². The first-order chi connectivity index (χ1) is 10.7. The van der Waals surface area contributed by atoms with E-state index in [-0.39, 0.29) is 17.8 Å². The summed E-state index contributed by atoms with van der Waals surface area (Å²) in [5, 5.41) is 0. The Morgan fingerprint density at radius 2 is 1.91 bits per heavy atom. The van der Waals surface area contributed by atoms with Crippen molar-refractivity contribution in [1.29, 1.82) is 0 Å². The van der Waals surface area contributed by atoms with Gasteiger partial charge in [-0.3, -0.25) is 4.79 Å². The fourth-order valence-electron chi connectivity index (χ4n) is 3.00. The number of anilines is 1. The minimum atomic E-state index is -0.103. The van der Waals surface area contributed by atoms with Gasteiger partial charge in [-0.1, -0.05) is 0 Å². The molecular formula is C17H20N2O3. The quantitative estimate of drug-likeness (QED) is 0.694. The molecule has 1 heterocycles. The summed E-state index contributed by atoms with van der Waals surface area (Å²) in [6.45, 7) is 0. The summed E-state index contributed by atoms with van der Waals surface area (Å²) in [4.78, 5) is 16.0. The van der Waals surface area contributed by atoms with Crippen molar-refractivity contribution in [1.82, 2.24) is 4.98 Å². The van der Waals surface area contributed by atoms with Crippen molar-refractivity contribution < 1.29 is 13.9 Å². The number of carbonyl (C=O) groups is 1. The summed E-state index contributed by atoms with van der Waals surface area (Å²) in [6, 6.07) is 7.54. The lowest BCUT2D eigenvalue weighted by molar-refractivity contribution is -0.146. The van der Waals surface area contributed by atoms with Crippen molar-refractivity contribution in [3.05, 3.63) is 36.4 Å². The zero-order valence-corrected chi connectivity index (χ0v) is 12.6. The molecule has 0 bridgehead atoms. The average Bonchev–Trinajstić information content (AvgIpc) is 3.05. The monoisotopic (exact) mass is 300 g/mol. The third-order valence-electron chi connectivity index (χ3n) is 4.33. The Labute approximate surface area is 129 Å². The van der Waals surface area contributed by atoms with Gasteiger partial charge in [-0.05, 0) is 49.9 Å². The Morgan fingerprint density at radius 3 is 2.55 bits per heavy atom. The summed E-state index contributed by atoms with van der Waals surface area (Å²) in [6.07, 6.45) is 5.23. The van der Waals surface area contributed by atoms with Crippen molar-refractivity contribution in [2.24, 2.45) is 5.92 Å². The molecule has 1 aromatic carbocycles. The van der Waals surface area contributed by atoms with Gasteiger partial charge < -0.3 is 14.9 Å². The number of nitrogens with two attached hydrogens (primary N) is 1. The third-order valence-corrected chi connectivity index (χ3v) is 4.33. The number of nitrogens with zero attached hydrogens (tertiary/aromatic N) is 1. The van der Waals surface area contributed by atoms with Gasteiger partial charge in [-0.2, -0.15) is 0 Å². The number of carbonyl (C=O) groups excluding carboxylic acids is 1. The molecule has 1 aromatic heterocycles. The van der Waals surface area contributed by atoms with Gasteiger partial charge >= 0.3 is 5.97 Å². The zero-order valence-electron chi connectivity index (χ0n) is 12.6. The summed E-state index contributed by atoms with van der Waals surface area (Å²) < 4.78 is 10.7. The molecule has 1 fully saturated rings. The number of benzene rings is 1. The van der Waals surface area contributed by atoms with Crippen LogP contribution in [0.5, 0.6) is 0 Å². The molecule has 116 valence electrons. The lowest BCUT2D eigenvalue weighted by Gasteiger charge is -2.24. The van der Waals surface area contributed by atoms with Gasteiger partial charge in [0.2, 0.25) is 0 Å². The van der Waals surface area contributed by atoms with Crippen LogP contribution in [-0.4, -0.2) is 18.1 Å².